The lowest BCUT2D eigenvalue weighted by molar-refractivity contribution is -0.0325. The highest BCUT2D eigenvalue weighted by Crippen LogP contribution is 2.06. The molecule has 0 radical (unpaired) electrons. The van der Waals surface area contributed by atoms with E-state index in [2.05, 4.69) is 5.32 Å². The molecule has 0 aromatic carbocycles. The lowest BCUT2D eigenvalue weighted by Crippen LogP contribution is -2.33. The lowest BCUT2D eigenvalue weighted by atomic mass is 10.1. The normalized spacial score (nSPS) is 14.3. The van der Waals surface area contributed by atoms with Crippen molar-refractivity contribution in [3.05, 3.63) is 0 Å². The van der Waals surface area contributed by atoms with Crippen LogP contribution in [0.4, 0.5) is 0 Å². The third-order valence-electron chi connectivity index (χ3n) is 5.65. The number of nitrogens with one attached hydrogen (secondary N) is 1. The second-order valence-corrected chi connectivity index (χ2v) is 8.94. The number of methoxy groups -OCH3 is 1. The average molecular weight is 600 g/mol. The van der Waals surface area contributed by atoms with Crippen molar-refractivity contribution in [1.82, 2.24) is 5.32 Å². The maximum atomic E-state index is 5.78. The molecule has 0 aliphatic carbocycles. The average Bonchev–Trinajstić information content (AvgIpc) is 3.00. The summed E-state index contributed by atoms with van der Waals surface area (Å²) < 4.78 is 65.2. The van der Waals surface area contributed by atoms with Gasteiger partial charge in [-0.3, -0.25) is 0 Å². The topological polar surface area (TPSA) is 123 Å². The van der Waals surface area contributed by atoms with E-state index >= 15 is 0 Å². The van der Waals surface area contributed by atoms with Gasteiger partial charge in [-0.15, -0.1) is 0 Å². The van der Waals surface area contributed by atoms with Gasteiger partial charge in [0.15, 0.2) is 0 Å². The van der Waals surface area contributed by atoms with Crippen LogP contribution >= 0.6 is 0 Å². The smallest absolute Gasteiger partial charge is 0.0704 e. The van der Waals surface area contributed by atoms with Gasteiger partial charge in [0.2, 0.25) is 0 Å². The summed E-state index contributed by atoms with van der Waals surface area (Å²) in [4.78, 5) is 0. The summed E-state index contributed by atoms with van der Waals surface area (Å²) in [6.45, 7) is 14.1. The van der Waals surface area contributed by atoms with Crippen LogP contribution in [0, 0.1) is 0 Å². The van der Waals surface area contributed by atoms with Crippen LogP contribution in [0.15, 0.2) is 0 Å². The molecule has 0 aromatic rings. The second-order valence-electron chi connectivity index (χ2n) is 8.94. The molecule has 0 saturated carbocycles. The van der Waals surface area contributed by atoms with Gasteiger partial charge in [-0.2, -0.15) is 0 Å². The molecule has 0 atom stereocenters. The van der Waals surface area contributed by atoms with Crippen molar-refractivity contribution in [3.8, 4) is 0 Å². The van der Waals surface area contributed by atoms with E-state index in [-0.39, 0.29) is 0 Å². The van der Waals surface area contributed by atoms with Crippen LogP contribution < -0.4 is 5.32 Å². The number of rotatable bonds is 34. The van der Waals surface area contributed by atoms with Crippen molar-refractivity contribution in [2.45, 2.75) is 18.9 Å². The van der Waals surface area contributed by atoms with Crippen LogP contribution in [0.5, 0.6) is 0 Å². The van der Waals surface area contributed by atoms with Gasteiger partial charge in [-0.25, -0.2) is 0 Å². The molecule has 1 rings (SSSR count). The Morgan fingerprint density at radius 2 is 0.610 bits per heavy atom. The molecular weight excluding hydrogens is 542 g/mol. The quantitative estimate of drug-likeness (QED) is 0.104. The molecule has 41 heavy (non-hydrogen) atoms. The van der Waals surface area contributed by atoms with E-state index in [9.17, 15) is 0 Å². The summed E-state index contributed by atoms with van der Waals surface area (Å²) in [6.07, 6.45) is 2.54. The summed E-state index contributed by atoms with van der Waals surface area (Å²) in [6, 6.07) is 0. The van der Waals surface area contributed by atoms with E-state index in [1.54, 1.807) is 7.11 Å². The van der Waals surface area contributed by atoms with Gasteiger partial charge in [0.25, 0.3) is 0 Å². The first-order chi connectivity index (χ1) is 20.4. The molecular formula is C28H57NO12. The Kier molecular flexibility index (Phi) is 31.9. The van der Waals surface area contributed by atoms with Gasteiger partial charge in [0, 0.05) is 7.11 Å². The monoisotopic (exact) mass is 599 g/mol. The molecule has 1 aliphatic rings. The van der Waals surface area contributed by atoms with Crippen LogP contribution in [0.25, 0.3) is 0 Å². The molecule has 246 valence electrons. The minimum absolute atomic E-state index is 0.374. The molecule has 1 saturated heterocycles. The van der Waals surface area contributed by atoms with E-state index in [4.69, 9.17) is 56.8 Å². The molecule has 1 fully saturated rings. The molecule has 0 unspecified atom stereocenters. The predicted octanol–water partition coefficient (Wildman–Crippen LogP) is 0.567. The molecule has 0 spiro atoms. The fourth-order valence-corrected chi connectivity index (χ4v) is 3.46. The molecule has 0 bridgehead atoms. The highest BCUT2D eigenvalue weighted by Gasteiger charge is 2.12. The van der Waals surface area contributed by atoms with Gasteiger partial charge in [-0.05, 0) is 25.9 Å². The fourth-order valence-electron chi connectivity index (χ4n) is 3.46. The first-order valence-corrected chi connectivity index (χ1v) is 15.0. The molecule has 13 nitrogen and oxygen atoms in total. The van der Waals surface area contributed by atoms with E-state index in [1.807, 2.05) is 0 Å². The van der Waals surface area contributed by atoms with Gasteiger partial charge >= 0.3 is 0 Å². The Morgan fingerprint density at radius 1 is 0.366 bits per heavy atom. The molecule has 0 aromatic heterocycles. The Hall–Kier alpha value is -0.520. The SMILES string of the molecule is COCCOCCOCCOCCOCCOCCOCCOCCOCCOCCOCCOC1CCNCC1. The molecule has 1 heterocycles. The first kappa shape index (κ1) is 38.5. The van der Waals surface area contributed by atoms with Gasteiger partial charge in [-0.1, -0.05) is 0 Å². The Balaban J connectivity index is 1.60. The summed E-state index contributed by atoms with van der Waals surface area (Å²) in [5.41, 5.74) is 0. The predicted molar refractivity (Wildman–Crippen MR) is 152 cm³/mol. The molecule has 13 heteroatoms. The number of piperidine rings is 1. The molecule has 1 N–H and O–H groups in total. The van der Waals surface area contributed by atoms with Crippen molar-refractivity contribution in [2.24, 2.45) is 0 Å². The Labute approximate surface area is 246 Å². The number of hydrogen-bond donors (Lipinski definition) is 1. The van der Waals surface area contributed by atoms with E-state index in [0.717, 1.165) is 25.9 Å². The Morgan fingerprint density at radius 3 is 0.878 bits per heavy atom. The summed E-state index contributed by atoms with van der Waals surface area (Å²) >= 11 is 0. The zero-order chi connectivity index (χ0) is 29.2. The van der Waals surface area contributed by atoms with Crippen molar-refractivity contribution in [1.29, 1.82) is 0 Å². The van der Waals surface area contributed by atoms with Crippen molar-refractivity contribution in [3.63, 3.8) is 0 Å². The maximum Gasteiger partial charge on any atom is 0.0704 e. The first-order valence-electron chi connectivity index (χ1n) is 15.0. The maximum absolute atomic E-state index is 5.78. The van der Waals surface area contributed by atoms with Crippen molar-refractivity contribution < 1.29 is 56.8 Å². The van der Waals surface area contributed by atoms with Gasteiger partial charge in [0.05, 0.1) is 151 Å². The second kappa shape index (κ2) is 34.0. The summed E-state index contributed by atoms with van der Waals surface area (Å²) in [7, 11) is 1.65. The zero-order valence-electron chi connectivity index (χ0n) is 25.4. The zero-order valence-corrected chi connectivity index (χ0v) is 25.4. The standard InChI is InChI=1S/C28H57NO12/c1-30-6-7-31-8-9-32-10-11-33-12-13-34-14-15-35-16-17-36-18-19-37-20-21-38-22-23-39-24-25-40-26-27-41-28-2-4-29-5-3-28/h28-29H,2-27H2,1H3. The third-order valence-corrected chi connectivity index (χ3v) is 5.65. The summed E-state index contributed by atoms with van der Waals surface area (Å²) in [5.74, 6) is 0. The lowest BCUT2D eigenvalue weighted by Gasteiger charge is -2.22. The van der Waals surface area contributed by atoms with Gasteiger partial charge < -0.3 is 62.2 Å². The Bertz CT molecular complexity index is 489. The highest BCUT2D eigenvalue weighted by molar-refractivity contribution is 4.67. The largest absolute Gasteiger partial charge is 0.382 e. The van der Waals surface area contributed by atoms with Gasteiger partial charge in [0.1, 0.15) is 0 Å². The fraction of sp³-hybridized carbons (Fsp3) is 1.00. The van der Waals surface area contributed by atoms with E-state index in [0.29, 0.717) is 151 Å². The molecule has 0 amide bonds. The number of ether oxygens (including phenoxy) is 12. The van der Waals surface area contributed by atoms with Crippen LogP contribution in [0.3, 0.4) is 0 Å². The third kappa shape index (κ3) is 30.7. The van der Waals surface area contributed by atoms with E-state index < -0.39 is 0 Å². The summed E-state index contributed by atoms with van der Waals surface area (Å²) in [5, 5.41) is 3.33. The van der Waals surface area contributed by atoms with E-state index in [1.165, 1.54) is 0 Å². The minimum Gasteiger partial charge on any atom is -0.382 e. The van der Waals surface area contributed by atoms with Crippen molar-refractivity contribution >= 4 is 0 Å². The van der Waals surface area contributed by atoms with Crippen LogP contribution in [-0.2, 0) is 56.8 Å². The van der Waals surface area contributed by atoms with Crippen LogP contribution in [0.2, 0.25) is 0 Å². The van der Waals surface area contributed by atoms with Crippen molar-refractivity contribution in [2.75, 3.05) is 166 Å². The molecule has 1 aliphatic heterocycles. The van der Waals surface area contributed by atoms with Crippen LogP contribution in [0.1, 0.15) is 12.8 Å². The highest BCUT2D eigenvalue weighted by atomic mass is 16.6. The van der Waals surface area contributed by atoms with Crippen LogP contribution in [-0.4, -0.2) is 172 Å². The number of hydrogen-bond acceptors (Lipinski definition) is 13. The minimum atomic E-state index is 0.374.